The number of Topliss-reactive ketones (excluding diaryl/α,β-unsaturated/α-hetero) is 1. The summed E-state index contributed by atoms with van der Waals surface area (Å²) < 4.78 is 1.15. The van der Waals surface area contributed by atoms with E-state index in [0.29, 0.717) is 0 Å². The Morgan fingerprint density at radius 2 is 2.09 bits per heavy atom. The Hall–Kier alpha value is -0.380. The highest BCUT2D eigenvalue weighted by atomic mass is 127. The van der Waals surface area contributed by atoms with Gasteiger partial charge in [-0.05, 0) is 48.1 Å². The van der Waals surface area contributed by atoms with Gasteiger partial charge in [0.25, 0.3) is 0 Å². The van der Waals surface area contributed by atoms with Crippen LogP contribution < -0.4 is 0 Å². The van der Waals surface area contributed by atoms with Crippen LogP contribution in [0.2, 0.25) is 0 Å². The lowest BCUT2D eigenvalue weighted by molar-refractivity contribution is 0.101. The molecule has 0 fully saturated rings. The smallest absolute Gasteiger partial charge is 0.159 e. The van der Waals surface area contributed by atoms with Crippen LogP contribution in [0.15, 0.2) is 18.2 Å². The molecule has 1 nitrogen and oxygen atoms in total. The van der Waals surface area contributed by atoms with Crippen molar-refractivity contribution in [3.8, 4) is 0 Å². The summed E-state index contributed by atoms with van der Waals surface area (Å²) in [4.78, 5) is 10.9. The van der Waals surface area contributed by atoms with Gasteiger partial charge in [0.2, 0.25) is 0 Å². The fourth-order valence-electron chi connectivity index (χ4n) is 0.812. The zero-order valence-corrected chi connectivity index (χ0v) is 8.68. The Labute approximate surface area is 79.9 Å². The molecule has 0 atom stereocenters. The van der Waals surface area contributed by atoms with Gasteiger partial charge in [-0.15, -0.1) is 0 Å². The second-order valence-electron chi connectivity index (χ2n) is 2.52. The normalized spacial score (nSPS) is 9.73. The van der Waals surface area contributed by atoms with Gasteiger partial charge >= 0.3 is 0 Å². The molecule has 0 saturated carbocycles. The van der Waals surface area contributed by atoms with E-state index >= 15 is 0 Å². The van der Waals surface area contributed by atoms with Gasteiger partial charge in [0.1, 0.15) is 0 Å². The van der Waals surface area contributed by atoms with Crippen molar-refractivity contribution in [2.24, 2.45) is 0 Å². The number of carbonyl (C=O) groups is 1. The van der Waals surface area contributed by atoms with E-state index in [-0.39, 0.29) is 5.78 Å². The molecular formula is C9H9IO. The van der Waals surface area contributed by atoms with Crippen molar-refractivity contribution in [2.75, 3.05) is 0 Å². The fraction of sp³-hybridized carbons (Fsp3) is 0.222. The van der Waals surface area contributed by atoms with Crippen molar-refractivity contribution in [3.63, 3.8) is 0 Å². The lowest BCUT2D eigenvalue weighted by atomic mass is 10.1. The number of hydrogen-bond acceptors (Lipinski definition) is 1. The summed E-state index contributed by atoms with van der Waals surface area (Å²) in [5, 5.41) is 0. The highest BCUT2D eigenvalue weighted by molar-refractivity contribution is 14.1. The van der Waals surface area contributed by atoms with Crippen LogP contribution in [0.25, 0.3) is 0 Å². The molecule has 11 heavy (non-hydrogen) atoms. The summed E-state index contributed by atoms with van der Waals surface area (Å²) >= 11 is 2.23. The quantitative estimate of drug-likeness (QED) is 0.560. The zero-order valence-electron chi connectivity index (χ0n) is 6.52. The van der Waals surface area contributed by atoms with E-state index in [1.165, 1.54) is 5.56 Å². The zero-order chi connectivity index (χ0) is 8.43. The topological polar surface area (TPSA) is 17.1 Å². The van der Waals surface area contributed by atoms with E-state index in [9.17, 15) is 4.79 Å². The van der Waals surface area contributed by atoms with Gasteiger partial charge in [-0.3, -0.25) is 4.79 Å². The second kappa shape index (κ2) is 3.34. The van der Waals surface area contributed by atoms with Crippen LogP contribution in [0.5, 0.6) is 0 Å². The van der Waals surface area contributed by atoms with Crippen LogP contribution in [0.4, 0.5) is 0 Å². The number of ketones is 1. The molecule has 1 aromatic carbocycles. The summed E-state index contributed by atoms with van der Waals surface area (Å²) in [6, 6.07) is 5.75. The lowest BCUT2D eigenvalue weighted by Gasteiger charge is -1.99. The third-order valence-electron chi connectivity index (χ3n) is 1.58. The van der Waals surface area contributed by atoms with Crippen LogP contribution in [0.1, 0.15) is 22.8 Å². The average molecular weight is 260 g/mol. The van der Waals surface area contributed by atoms with E-state index < -0.39 is 0 Å². The molecule has 0 unspecified atom stereocenters. The van der Waals surface area contributed by atoms with Crippen molar-refractivity contribution in [3.05, 3.63) is 32.9 Å². The van der Waals surface area contributed by atoms with Gasteiger partial charge in [0, 0.05) is 9.13 Å². The minimum atomic E-state index is 0.128. The van der Waals surface area contributed by atoms with Crippen LogP contribution >= 0.6 is 22.6 Å². The van der Waals surface area contributed by atoms with Crippen LogP contribution in [0, 0.1) is 10.5 Å². The standard InChI is InChI=1S/C9H9IO/c1-6-3-4-8(7(2)11)5-9(6)10/h3-5H,1-2H3. The minimum absolute atomic E-state index is 0.128. The Bertz CT molecular complexity index is 292. The predicted molar refractivity (Wildman–Crippen MR) is 53.9 cm³/mol. The predicted octanol–water partition coefficient (Wildman–Crippen LogP) is 2.80. The number of halogens is 1. The van der Waals surface area contributed by atoms with Crippen molar-refractivity contribution in [2.45, 2.75) is 13.8 Å². The molecule has 0 spiro atoms. The molecule has 0 heterocycles. The molecule has 0 N–H and O–H groups in total. The van der Waals surface area contributed by atoms with Crippen molar-refractivity contribution in [1.82, 2.24) is 0 Å². The van der Waals surface area contributed by atoms with Crippen LogP contribution in [-0.2, 0) is 0 Å². The molecule has 0 amide bonds. The molecule has 0 aromatic heterocycles. The van der Waals surface area contributed by atoms with Crippen molar-refractivity contribution in [1.29, 1.82) is 0 Å². The second-order valence-corrected chi connectivity index (χ2v) is 3.68. The molecule has 0 aliphatic carbocycles. The highest BCUT2D eigenvalue weighted by Gasteiger charge is 2.00. The molecule has 0 bridgehead atoms. The Morgan fingerprint density at radius 1 is 1.45 bits per heavy atom. The molecule has 1 aromatic rings. The van der Waals surface area contributed by atoms with Crippen molar-refractivity contribution >= 4 is 28.4 Å². The third kappa shape index (κ3) is 2.02. The molecule has 58 valence electrons. The maximum atomic E-state index is 10.9. The largest absolute Gasteiger partial charge is 0.295 e. The maximum Gasteiger partial charge on any atom is 0.159 e. The van der Waals surface area contributed by atoms with Gasteiger partial charge in [-0.1, -0.05) is 12.1 Å². The first-order valence-corrected chi connectivity index (χ1v) is 4.46. The van der Waals surface area contributed by atoms with E-state index in [1.807, 2.05) is 25.1 Å². The third-order valence-corrected chi connectivity index (χ3v) is 2.74. The number of carbonyl (C=O) groups excluding carboxylic acids is 1. The number of benzene rings is 1. The first kappa shape index (κ1) is 8.71. The SMILES string of the molecule is CC(=O)c1ccc(C)c(I)c1. The number of rotatable bonds is 1. The summed E-state index contributed by atoms with van der Waals surface area (Å²) in [5.41, 5.74) is 2.01. The molecule has 0 saturated heterocycles. The van der Waals surface area contributed by atoms with Crippen molar-refractivity contribution < 1.29 is 4.79 Å². The highest BCUT2D eigenvalue weighted by Crippen LogP contribution is 2.13. The Kier molecular flexibility index (Phi) is 2.65. The molecule has 0 radical (unpaired) electrons. The fourth-order valence-corrected chi connectivity index (χ4v) is 1.33. The Balaban J connectivity index is 3.15. The summed E-state index contributed by atoms with van der Waals surface area (Å²) in [5.74, 6) is 0.128. The summed E-state index contributed by atoms with van der Waals surface area (Å²) in [6.07, 6.45) is 0. The Morgan fingerprint density at radius 3 is 2.55 bits per heavy atom. The average Bonchev–Trinajstić information content (AvgIpc) is 1.94. The van der Waals surface area contributed by atoms with Gasteiger partial charge < -0.3 is 0 Å². The maximum absolute atomic E-state index is 10.9. The van der Waals surface area contributed by atoms with E-state index in [1.54, 1.807) is 6.92 Å². The van der Waals surface area contributed by atoms with Gasteiger partial charge in [-0.25, -0.2) is 0 Å². The lowest BCUT2D eigenvalue weighted by Crippen LogP contribution is -1.92. The van der Waals surface area contributed by atoms with E-state index in [2.05, 4.69) is 22.6 Å². The van der Waals surface area contributed by atoms with Crippen LogP contribution in [-0.4, -0.2) is 5.78 Å². The van der Waals surface area contributed by atoms with Crippen LogP contribution in [0.3, 0.4) is 0 Å². The molecular weight excluding hydrogens is 251 g/mol. The van der Waals surface area contributed by atoms with Gasteiger partial charge in [0.05, 0.1) is 0 Å². The molecule has 0 aliphatic heterocycles. The molecule has 0 aliphatic rings. The summed E-state index contributed by atoms with van der Waals surface area (Å²) in [7, 11) is 0. The number of hydrogen-bond donors (Lipinski definition) is 0. The summed E-state index contributed by atoms with van der Waals surface area (Å²) in [6.45, 7) is 3.62. The first-order valence-electron chi connectivity index (χ1n) is 3.38. The molecule has 2 heteroatoms. The minimum Gasteiger partial charge on any atom is -0.295 e. The van der Waals surface area contributed by atoms with Gasteiger partial charge in [-0.2, -0.15) is 0 Å². The first-order chi connectivity index (χ1) is 5.11. The van der Waals surface area contributed by atoms with E-state index in [0.717, 1.165) is 9.13 Å². The van der Waals surface area contributed by atoms with Gasteiger partial charge in [0.15, 0.2) is 5.78 Å². The number of aryl methyl sites for hydroxylation is 1. The van der Waals surface area contributed by atoms with E-state index in [4.69, 9.17) is 0 Å². The monoisotopic (exact) mass is 260 g/mol. The molecule has 1 rings (SSSR count).